The summed E-state index contributed by atoms with van der Waals surface area (Å²) in [7, 11) is 0. The number of hydrogen-bond acceptors (Lipinski definition) is 2. The van der Waals surface area contributed by atoms with Crippen LogP contribution in [0.1, 0.15) is 51.5 Å². The number of benzene rings is 1. The number of ether oxygens (including phenoxy) is 1. The Labute approximate surface area is 109 Å². The number of halogens is 1. The lowest BCUT2D eigenvalue weighted by Crippen LogP contribution is -2.12. The topological polar surface area (TPSA) is 35.2 Å². The maximum absolute atomic E-state index is 13.3. The maximum atomic E-state index is 13.3. The van der Waals surface area contributed by atoms with Gasteiger partial charge in [0.2, 0.25) is 0 Å². The highest BCUT2D eigenvalue weighted by Crippen LogP contribution is 2.19. The van der Waals surface area contributed by atoms with Crippen LogP contribution in [0.5, 0.6) is 5.75 Å². The Morgan fingerprint density at radius 3 is 2.67 bits per heavy atom. The molecule has 0 amide bonds. The van der Waals surface area contributed by atoms with Crippen LogP contribution in [0.15, 0.2) is 18.2 Å². The van der Waals surface area contributed by atoms with E-state index in [1.165, 1.54) is 31.4 Å². The van der Waals surface area contributed by atoms with Gasteiger partial charge in [-0.05, 0) is 37.5 Å². The molecule has 1 rings (SSSR count). The average molecular weight is 253 g/mol. The molecule has 0 saturated carbocycles. The van der Waals surface area contributed by atoms with E-state index in [1.54, 1.807) is 0 Å². The summed E-state index contributed by atoms with van der Waals surface area (Å²) in [5.74, 6) is 0.296. The minimum atomic E-state index is -0.286. The summed E-state index contributed by atoms with van der Waals surface area (Å²) in [6.45, 7) is 4.55. The zero-order valence-electron chi connectivity index (χ0n) is 11.4. The van der Waals surface area contributed by atoms with Gasteiger partial charge in [0, 0.05) is 12.6 Å². The monoisotopic (exact) mass is 253 g/mol. The fourth-order valence-corrected chi connectivity index (χ4v) is 1.96. The minimum Gasteiger partial charge on any atom is -0.491 e. The molecular formula is C15H24FNO. The van der Waals surface area contributed by atoms with Crippen molar-refractivity contribution in [3.05, 3.63) is 29.6 Å². The van der Waals surface area contributed by atoms with E-state index in [1.807, 2.05) is 13.0 Å². The van der Waals surface area contributed by atoms with Crippen LogP contribution in [-0.2, 0) is 6.54 Å². The molecule has 18 heavy (non-hydrogen) atoms. The third-order valence-corrected chi connectivity index (χ3v) is 2.97. The Bertz CT molecular complexity index is 354. The predicted molar refractivity (Wildman–Crippen MR) is 73.1 cm³/mol. The first kappa shape index (κ1) is 15.0. The van der Waals surface area contributed by atoms with Crippen LogP contribution in [-0.4, -0.2) is 6.10 Å². The maximum Gasteiger partial charge on any atom is 0.127 e. The Balaban J connectivity index is 2.43. The van der Waals surface area contributed by atoms with Crippen LogP contribution < -0.4 is 10.5 Å². The molecule has 3 heteroatoms. The van der Waals surface area contributed by atoms with Crippen LogP contribution in [0.4, 0.5) is 4.39 Å². The second-order valence-electron chi connectivity index (χ2n) is 4.78. The van der Waals surface area contributed by atoms with E-state index in [4.69, 9.17) is 10.5 Å². The summed E-state index contributed by atoms with van der Waals surface area (Å²) < 4.78 is 19.0. The molecule has 2 nitrogen and oxygen atoms in total. The molecule has 1 unspecified atom stereocenters. The second kappa shape index (κ2) is 8.09. The third-order valence-electron chi connectivity index (χ3n) is 2.97. The van der Waals surface area contributed by atoms with Gasteiger partial charge >= 0.3 is 0 Å². The molecule has 0 aliphatic rings. The first-order valence-electron chi connectivity index (χ1n) is 6.82. The van der Waals surface area contributed by atoms with Crippen molar-refractivity contribution in [1.82, 2.24) is 0 Å². The molecule has 1 atom stereocenters. The molecule has 0 spiro atoms. The summed E-state index contributed by atoms with van der Waals surface area (Å²) in [6, 6.07) is 4.67. The van der Waals surface area contributed by atoms with Gasteiger partial charge < -0.3 is 10.5 Å². The van der Waals surface area contributed by atoms with Crippen LogP contribution in [0.3, 0.4) is 0 Å². The van der Waals surface area contributed by atoms with Crippen LogP contribution in [0.2, 0.25) is 0 Å². The molecule has 1 aromatic carbocycles. The van der Waals surface area contributed by atoms with E-state index in [2.05, 4.69) is 6.92 Å². The van der Waals surface area contributed by atoms with Crippen LogP contribution in [0, 0.1) is 5.82 Å². The second-order valence-corrected chi connectivity index (χ2v) is 4.78. The molecular weight excluding hydrogens is 229 g/mol. The van der Waals surface area contributed by atoms with Crippen molar-refractivity contribution in [2.24, 2.45) is 5.73 Å². The molecule has 0 aromatic heterocycles. The number of rotatable bonds is 8. The van der Waals surface area contributed by atoms with Gasteiger partial charge in [0.05, 0.1) is 6.10 Å². The third kappa shape index (κ3) is 5.50. The molecule has 0 heterocycles. The zero-order chi connectivity index (χ0) is 13.4. The van der Waals surface area contributed by atoms with Crippen molar-refractivity contribution in [2.45, 2.75) is 58.6 Å². The lowest BCUT2D eigenvalue weighted by atomic mass is 10.1. The highest BCUT2D eigenvalue weighted by Gasteiger charge is 2.06. The van der Waals surface area contributed by atoms with Crippen molar-refractivity contribution in [3.8, 4) is 5.75 Å². The predicted octanol–water partition coefficient (Wildman–Crippen LogP) is 4.02. The molecule has 102 valence electrons. The summed E-state index contributed by atoms with van der Waals surface area (Å²) in [4.78, 5) is 0. The standard InChI is InChI=1S/C15H24FNO/c1-3-4-5-6-7-12(2)18-15-9-13(11-17)8-14(16)10-15/h8-10,12H,3-7,11,17H2,1-2H3. The van der Waals surface area contributed by atoms with Gasteiger partial charge in [-0.1, -0.05) is 26.2 Å². The summed E-state index contributed by atoms with van der Waals surface area (Å²) >= 11 is 0. The molecule has 1 aromatic rings. The van der Waals surface area contributed by atoms with Crippen molar-refractivity contribution in [1.29, 1.82) is 0 Å². The molecule has 0 fully saturated rings. The summed E-state index contributed by atoms with van der Waals surface area (Å²) in [6.07, 6.45) is 6.03. The van der Waals surface area contributed by atoms with E-state index < -0.39 is 0 Å². The summed E-state index contributed by atoms with van der Waals surface area (Å²) in [5.41, 5.74) is 6.28. The Morgan fingerprint density at radius 2 is 2.00 bits per heavy atom. The van der Waals surface area contributed by atoms with Gasteiger partial charge in [0.1, 0.15) is 11.6 Å². The van der Waals surface area contributed by atoms with E-state index >= 15 is 0 Å². The zero-order valence-corrected chi connectivity index (χ0v) is 11.4. The van der Waals surface area contributed by atoms with Gasteiger partial charge in [0.25, 0.3) is 0 Å². The lowest BCUT2D eigenvalue weighted by molar-refractivity contribution is 0.205. The fraction of sp³-hybridized carbons (Fsp3) is 0.600. The van der Waals surface area contributed by atoms with Crippen molar-refractivity contribution in [3.63, 3.8) is 0 Å². The minimum absolute atomic E-state index is 0.120. The van der Waals surface area contributed by atoms with E-state index in [-0.39, 0.29) is 11.9 Å². The Kier molecular flexibility index (Phi) is 6.73. The Hall–Kier alpha value is -1.09. The number of unbranched alkanes of at least 4 members (excludes halogenated alkanes) is 3. The lowest BCUT2D eigenvalue weighted by Gasteiger charge is -2.15. The number of hydrogen-bond donors (Lipinski definition) is 1. The van der Waals surface area contributed by atoms with Gasteiger partial charge in [-0.3, -0.25) is 0 Å². The van der Waals surface area contributed by atoms with E-state index in [0.29, 0.717) is 12.3 Å². The molecule has 0 aliphatic carbocycles. The largest absolute Gasteiger partial charge is 0.491 e. The van der Waals surface area contributed by atoms with Crippen molar-refractivity contribution < 1.29 is 9.13 Å². The van der Waals surface area contributed by atoms with Gasteiger partial charge in [-0.25, -0.2) is 4.39 Å². The number of nitrogens with two attached hydrogens (primary N) is 1. The SMILES string of the molecule is CCCCCCC(C)Oc1cc(F)cc(CN)c1. The first-order chi connectivity index (χ1) is 8.65. The van der Waals surface area contributed by atoms with E-state index in [0.717, 1.165) is 18.4 Å². The van der Waals surface area contributed by atoms with Crippen molar-refractivity contribution >= 4 is 0 Å². The van der Waals surface area contributed by atoms with E-state index in [9.17, 15) is 4.39 Å². The average Bonchev–Trinajstić information content (AvgIpc) is 2.34. The van der Waals surface area contributed by atoms with Crippen LogP contribution >= 0.6 is 0 Å². The molecule has 0 saturated heterocycles. The Morgan fingerprint density at radius 1 is 1.22 bits per heavy atom. The smallest absolute Gasteiger partial charge is 0.127 e. The normalized spacial score (nSPS) is 12.4. The molecule has 0 aliphatic heterocycles. The van der Waals surface area contributed by atoms with Gasteiger partial charge in [-0.2, -0.15) is 0 Å². The van der Waals surface area contributed by atoms with Gasteiger partial charge in [-0.15, -0.1) is 0 Å². The van der Waals surface area contributed by atoms with Crippen LogP contribution in [0.25, 0.3) is 0 Å². The quantitative estimate of drug-likeness (QED) is 0.710. The highest BCUT2D eigenvalue weighted by molar-refractivity contribution is 5.29. The first-order valence-corrected chi connectivity index (χ1v) is 6.82. The van der Waals surface area contributed by atoms with Gasteiger partial charge in [0.15, 0.2) is 0 Å². The highest BCUT2D eigenvalue weighted by atomic mass is 19.1. The molecule has 0 bridgehead atoms. The molecule has 2 N–H and O–H groups in total. The van der Waals surface area contributed by atoms with Crippen molar-refractivity contribution in [2.75, 3.05) is 0 Å². The fourth-order valence-electron chi connectivity index (χ4n) is 1.96. The summed E-state index contributed by atoms with van der Waals surface area (Å²) in [5, 5.41) is 0. The molecule has 0 radical (unpaired) electrons.